The van der Waals surface area contributed by atoms with E-state index in [9.17, 15) is 27.6 Å². The van der Waals surface area contributed by atoms with Crippen LogP contribution in [-0.2, 0) is 22.3 Å². The lowest BCUT2D eigenvalue weighted by molar-refractivity contribution is -0.138. The van der Waals surface area contributed by atoms with Crippen molar-refractivity contribution >= 4 is 17.8 Å². The van der Waals surface area contributed by atoms with E-state index >= 15 is 0 Å². The van der Waals surface area contributed by atoms with Crippen LogP contribution in [0.3, 0.4) is 0 Å². The van der Waals surface area contributed by atoms with Gasteiger partial charge in [-0.15, -0.1) is 0 Å². The smallest absolute Gasteiger partial charge is 0.350 e. The van der Waals surface area contributed by atoms with Gasteiger partial charge in [-0.25, -0.2) is 9.48 Å². The van der Waals surface area contributed by atoms with Gasteiger partial charge >= 0.3 is 12.2 Å². The Labute approximate surface area is 188 Å². The molecule has 11 heteroatoms. The first-order chi connectivity index (χ1) is 15.5. The Kier molecular flexibility index (Phi) is 5.67. The quantitative estimate of drug-likeness (QED) is 0.667. The Balaban J connectivity index is 1.47. The molecule has 1 saturated heterocycles. The molecule has 1 spiro atoms. The lowest BCUT2D eigenvalue weighted by Gasteiger charge is -2.20. The molecule has 1 saturated carbocycles. The fourth-order valence-corrected chi connectivity index (χ4v) is 4.54. The van der Waals surface area contributed by atoms with E-state index in [0.717, 1.165) is 23.8 Å². The molecule has 2 N–H and O–H groups in total. The lowest BCUT2D eigenvalue weighted by atomic mass is 9.98. The Hall–Kier alpha value is -3.37. The molecule has 2 aromatic rings. The number of nitrogens with one attached hydrogen (secondary N) is 2. The molecule has 2 aliphatic rings. The molecule has 0 radical (unpaired) electrons. The van der Waals surface area contributed by atoms with Gasteiger partial charge in [0.15, 0.2) is 0 Å². The number of aryl methyl sites for hydroxylation is 2. The summed E-state index contributed by atoms with van der Waals surface area (Å²) >= 11 is 0. The predicted molar refractivity (Wildman–Crippen MR) is 111 cm³/mol. The largest absolute Gasteiger partial charge is 0.416 e. The minimum Gasteiger partial charge on any atom is -0.350 e. The first kappa shape index (κ1) is 22.8. The molecule has 1 aromatic carbocycles. The molecule has 0 atom stereocenters. The molecule has 0 bridgehead atoms. The van der Waals surface area contributed by atoms with Crippen LogP contribution in [0.25, 0.3) is 5.69 Å². The van der Waals surface area contributed by atoms with Crippen LogP contribution in [0.5, 0.6) is 0 Å². The highest BCUT2D eigenvalue weighted by Crippen LogP contribution is 2.35. The van der Waals surface area contributed by atoms with Crippen molar-refractivity contribution in [2.45, 2.75) is 57.8 Å². The van der Waals surface area contributed by atoms with Crippen LogP contribution in [0.1, 0.15) is 48.2 Å². The van der Waals surface area contributed by atoms with Crippen LogP contribution < -0.4 is 10.6 Å². The molecule has 176 valence electrons. The summed E-state index contributed by atoms with van der Waals surface area (Å²) in [5.41, 5.74) is -0.352. The maximum absolute atomic E-state index is 13.7. The first-order valence-electron chi connectivity index (χ1n) is 10.6. The summed E-state index contributed by atoms with van der Waals surface area (Å²) in [6.07, 6.45) is -2.00. The minimum absolute atomic E-state index is 0.134. The zero-order valence-corrected chi connectivity index (χ0v) is 18.3. The molecule has 1 aliphatic carbocycles. The van der Waals surface area contributed by atoms with Gasteiger partial charge < -0.3 is 10.6 Å². The van der Waals surface area contributed by atoms with Crippen molar-refractivity contribution in [3.63, 3.8) is 0 Å². The summed E-state index contributed by atoms with van der Waals surface area (Å²) < 4.78 is 42.6. The molecular weight excluding hydrogens is 439 g/mol. The van der Waals surface area contributed by atoms with Gasteiger partial charge in [0.05, 0.1) is 16.9 Å². The second-order valence-electron chi connectivity index (χ2n) is 8.57. The van der Waals surface area contributed by atoms with Crippen molar-refractivity contribution < 1.29 is 27.6 Å². The molecule has 2 heterocycles. The standard InChI is InChI=1S/C22H24F3N5O3/c1-13-9-14(2)30(28-13)16-6-5-15(17(10-16)22(23,24)25)11-26-18(31)12-29-19(32)21(27-20(29)33)7-3-4-8-21/h5-6,9-10H,3-4,7-8,11-12H2,1-2H3,(H,26,31)(H,27,33). The van der Waals surface area contributed by atoms with Gasteiger partial charge in [0, 0.05) is 12.2 Å². The van der Waals surface area contributed by atoms with E-state index in [1.54, 1.807) is 19.9 Å². The third kappa shape index (κ3) is 4.31. The number of benzene rings is 1. The molecule has 1 aromatic heterocycles. The van der Waals surface area contributed by atoms with E-state index in [1.165, 1.54) is 16.8 Å². The van der Waals surface area contributed by atoms with E-state index in [-0.39, 0.29) is 11.3 Å². The van der Waals surface area contributed by atoms with Crippen molar-refractivity contribution in [3.8, 4) is 5.69 Å². The Bertz CT molecular complexity index is 1120. The fourth-order valence-electron chi connectivity index (χ4n) is 4.54. The molecule has 4 rings (SSSR count). The van der Waals surface area contributed by atoms with Gasteiger partial charge in [0.1, 0.15) is 12.1 Å². The summed E-state index contributed by atoms with van der Waals surface area (Å²) in [6, 6.07) is 4.88. The number of carbonyl (C=O) groups excluding carboxylic acids is 3. The van der Waals surface area contributed by atoms with Crippen LogP contribution in [0.15, 0.2) is 24.3 Å². The Morgan fingerprint density at radius 1 is 1.18 bits per heavy atom. The zero-order valence-electron chi connectivity index (χ0n) is 18.3. The predicted octanol–water partition coefficient (Wildman–Crippen LogP) is 2.99. The monoisotopic (exact) mass is 463 g/mol. The van der Waals surface area contributed by atoms with Crippen molar-refractivity contribution in [3.05, 3.63) is 46.8 Å². The van der Waals surface area contributed by atoms with E-state index in [2.05, 4.69) is 15.7 Å². The average Bonchev–Trinajstić information content (AvgIpc) is 3.40. The van der Waals surface area contributed by atoms with Gasteiger partial charge in [-0.1, -0.05) is 18.9 Å². The van der Waals surface area contributed by atoms with Crippen LogP contribution in [0, 0.1) is 13.8 Å². The number of urea groups is 1. The summed E-state index contributed by atoms with van der Waals surface area (Å²) in [5, 5.41) is 9.28. The van der Waals surface area contributed by atoms with Gasteiger partial charge in [-0.3, -0.25) is 14.5 Å². The van der Waals surface area contributed by atoms with Gasteiger partial charge in [0.25, 0.3) is 5.91 Å². The van der Waals surface area contributed by atoms with Crippen LogP contribution in [0.2, 0.25) is 0 Å². The number of carbonyl (C=O) groups is 3. The molecule has 8 nitrogen and oxygen atoms in total. The summed E-state index contributed by atoms with van der Waals surface area (Å²) in [5.74, 6) is -1.17. The number of amides is 4. The Morgan fingerprint density at radius 3 is 2.48 bits per heavy atom. The van der Waals surface area contributed by atoms with Gasteiger partial charge in [-0.2, -0.15) is 18.3 Å². The average molecular weight is 463 g/mol. The van der Waals surface area contributed by atoms with E-state index in [4.69, 9.17) is 0 Å². The highest BCUT2D eigenvalue weighted by molar-refractivity contribution is 6.09. The molecule has 0 unspecified atom stereocenters. The van der Waals surface area contributed by atoms with Crippen LogP contribution in [-0.4, -0.2) is 44.6 Å². The summed E-state index contributed by atoms with van der Waals surface area (Å²) in [4.78, 5) is 38.1. The minimum atomic E-state index is -4.65. The second kappa shape index (κ2) is 8.20. The van der Waals surface area contributed by atoms with Crippen molar-refractivity contribution in [2.75, 3.05) is 6.54 Å². The van der Waals surface area contributed by atoms with Crippen LogP contribution >= 0.6 is 0 Å². The number of halogens is 3. The number of hydrogen-bond acceptors (Lipinski definition) is 4. The summed E-state index contributed by atoms with van der Waals surface area (Å²) in [7, 11) is 0. The lowest BCUT2D eigenvalue weighted by Crippen LogP contribution is -2.45. The molecule has 33 heavy (non-hydrogen) atoms. The third-order valence-corrected chi connectivity index (χ3v) is 6.13. The molecule has 2 fully saturated rings. The van der Waals surface area contributed by atoms with E-state index in [0.29, 0.717) is 24.2 Å². The maximum atomic E-state index is 13.7. The van der Waals surface area contributed by atoms with E-state index in [1.807, 2.05) is 0 Å². The van der Waals surface area contributed by atoms with Crippen molar-refractivity contribution in [2.24, 2.45) is 0 Å². The number of aromatic nitrogens is 2. The van der Waals surface area contributed by atoms with E-state index < -0.39 is 48.2 Å². The normalized spacial score (nSPS) is 17.7. The number of rotatable bonds is 5. The first-order valence-corrected chi connectivity index (χ1v) is 10.6. The second-order valence-corrected chi connectivity index (χ2v) is 8.57. The number of alkyl halides is 3. The Morgan fingerprint density at radius 2 is 1.88 bits per heavy atom. The number of nitrogens with zero attached hydrogens (tertiary/aromatic N) is 3. The highest BCUT2D eigenvalue weighted by atomic mass is 19.4. The zero-order chi connectivity index (χ0) is 24.0. The highest BCUT2D eigenvalue weighted by Gasteiger charge is 2.52. The SMILES string of the molecule is Cc1cc(C)n(-c2ccc(CNC(=O)CN3C(=O)NC4(CCCC4)C3=O)c(C(F)(F)F)c2)n1. The van der Waals surface area contributed by atoms with Crippen molar-refractivity contribution in [1.82, 2.24) is 25.3 Å². The maximum Gasteiger partial charge on any atom is 0.416 e. The fraction of sp³-hybridized carbons (Fsp3) is 0.455. The summed E-state index contributed by atoms with van der Waals surface area (Å²) in [6.45, 7) is 2.54. The van der Waals surface area contributed by atoms with Crippen molar-refractivity contribution in [1.29, 1.82) is 0 Å². The molecular formula is C22H24F3N5O3. The molecule has 4 amide bonds. The van der Waals surface area contributed by atoms with Gasteiger partial charge in [0.2, 0.25) is 5.91 Å². The van der Waals surface area contributed by atoms with Gasteiger partial charge in [-0.05, 0) is 50.5 Å². The van der Waals surface area contributed by atoms with Crippen LogP contribution in [0.4, 0.5) is 18.0 Å². The number of hydrogen-bond donors (Lipinski definition) is 2. The third-order valence-electron chi connectivity index (χ3n) is 6.13. The number of imide groups is 1. The topological polar surface area (TPSA) is 96.3 Å². The molecule has 1 aliphatic heterocycles.